The van der Waals surface area contributed by atoms with Crippen LogP contribution in [-0.4, -0.2) is 4.98 Å². The molecule has 1 aromatic heterocycles. The minimum absolute atomic E-state index is 0. The topological polar surface area (TPSA) is 12.9 Å². The molecule has 4 heteroatoms. The summed E-state index contributed by atoms with van der Waals surface area (Å²) in [5.74, 6) is 2.34. The van der Waals surface area contributed by atoms with Crippen LogP contribution in [0.25, 0.3) is 0 Å². The van der Waals surface area contributed by atoms with Crippen LogP contribution in [0.3, 0.4) is 0 Å². The second kappa shape index (κ2) is 9.64. The van der Waals surface area contributed by atoms with Crippen LogP contribution < -0.4 is 0 Å². The van der Waals surface area contributed by atoms with E-state index in [1.54, 1.807) is 0 Å². The molecule has 3 atom stereocenters. The molecule has 3 unspecified atom stereocenters. The molecule has 0 amide bonds. The zero-order valence-corrected chi connectivity index (χ0v) is 14.4. The fourth-order valence-electron chi connectivity index (χ4n) is 3.09. The Hall–Kier alpha value is -0.258. The first-order valence-electron chi connectivity index (χ1n) is 6.49. The quantitative estimate of drug-likeness (QED) is 0.667. The van der Waals surface area contributed by atoms with Crippen molar-refractivity contribution in [3.05, 3.63) is 61.8 Å². The summed E-state index contributed by atoms with van der Waals surface area (Å²) in [5.41, 5.74) is 1.25. The molecule has 1 heterocycles. The summed E-state index contributed by atoms with van der Waals surface area (Å²) in [5, 5.41) is 0. The fraction of sp³-hybridized carbons (Fsp3) is 0.375. The predicted molar refractivity (Wildman–Crippen MR) is 84.0 cm³/mol. The molecule has 1 nitrogen and oxygen atoms in total. The molecule has 0 radical (unpaired) electrons. The van der Waals surface area contributed by atoms with Gasteiger partial charge in [0.1, 0.15) is 0 Å². The Labute approximate surface area is 137 Å². The summed E-state index contributed by atoms with van der Waals surface area (Å²) in [7, 11) is 9.65. The molecule has 3 rings (SSSR count). The van der Waals surface area contributed by atoms with Crippen LogP contribution in [0.2, 0.25) is 0 Å². The van der Waals surface area contributed by atoms with Crippen molar-refractivity contribution in [3.63, 3.8) is 0 Å². The Morgan fingerprint density at radius 1 is 1.15 bits per heavy atom. The van der Waals surface area contributed by atoms with Gasteiger partial charge in [0, 0.05) is 11.9 Å². The molecule has 0 aliphatic heterocycles. The number of fused-ring (bicyclic) bond motifs is 1. The monoisotopic (exact) mass is 348 g/mol. The maximum atomic E-state index is 4.83. The summed E-state index contributed by atoms with van der Waals surface area (Å²) in [4.78, 5) is 4.44. The SMILES string of the molecule is C1=CC2CCC(Cc3ccccn3)C2C=C1.[CH3-].[Cl][Cr+][Cl]. The standard InChI is InChI=1S/C15H17N.CH3.2ClH.Cr/c1-2-7-15-12(5-1)8-9-13(15)11-14-6-3-4-10-16-14;;;;/h1-7,10,12-13,15H,8-9,11H2;1H3;2*1H;/q;-1;;;+3/p-2. The molecule has 1 fully saturated rings. The Bertz CT molecular complexity index is 433. The first-order valence-corrected chi connectivity index (χ1v) is 10.00. The number of aromatic nitrogens is 1. The van der Waals surface area contributed by atoms with E-state index in [1.165, 1.54) is 18.5 Å². The number of hydrogen-bond acceptors (Lipinski definition) is 1. The third-order valence-electron chi connectivity index (χ3n) is 3.91. The van der Waals surface area contributed by atoms with E-state index in [1.807, 2.05) is 12.3 Å². The second-order valence-electron chi connectivity index (χ2n) is 4.93. The van der Waals surface area contributed by atoms with Crippen molar-refractivity contribution in [3.8, 4) is 0 Å². The van der Waals surface area contributed by atoms with Crippen molar-refractivity contribution in [2.75, 3.05) is 0 Å². The van der Waals surface area contributed by atoms with Crippen LogP contribution in [0.5, 0.6) is 0 Å². The van der Waals surface area contributed by atoms with E-state index < -0.39 is 0 Å². The zero-order valence-electron chi connectivity index (χ0n) is 11.6. The van der Waals surface area contributed by atoms with E-state index in [4.69, 9.17) is 20.1 Å². The number of nitrogens with zero attached hydrogens (tertiary/aromatic N) is 1. The van der Waals surface area contributed by atoms with Crippen LogP contribution in [0.4, 0.5) is 0 Å². The van der Waals surface area contributed by atoms with Crippen LogP contribution >= 0.6 is 20.1 Å². The molecule has 0 saturated heterocycles. The Balaban J connectivity index is 0.000000462. The van der Waals surface area contributed by atoms with E-state index in [-0.39, 0.29) is 20.8 Å². The van der Waals surface area contributed by atoms with Gasteiger partial charge in [0.2, 0.25) is 0 Å². The Kier molecular flexibility index (Phi) is 8.57. The minimum atomic E-state index is -0.181. The molecule has 0 spiro atoms. The maximum absolute atomic E-state index is 4.83. The summed E-state index contributed by atoms with van der Waals surface area (Å²) >= 11 is -0.181. The molecule has 1 saturated carbocycles. The number of rotatable bonds is 2. The zero-order chi connectivity index (χ0) is 13.5. The van der Waals surface area contributed by atoms with Crippen molar-refractivity contribution in [2.24, 2.45) is 17.8 Å². The van der Waals surface area contributed by atoms with Gasteiger partial charge in [-0.1, -0.05) is 30.4 Å². The normalized spacial score (nSPS) is 26.0. The molecule has 0 aromatic carbocycles. The van der Waals surface area contributed by atoms with Gasteiger partial charge in [-0.15, -0.1) is 0 Å². The van der Waals surface area contributed by atoms with Gasteiger partial charge in [0.25, 0.3) is 0 Å². The van der Waals surface area contributed by atoms with Crippen molar-refractivity contribution in [2.45, 2.75) is 19.3 Å². The van der Waals surface area contributed by atoms with Crippen LogP contribution in [-0.2, 0) is 19.8 Å². The van der Waals surface area contributed by atoms with Gasteiger partial charge < -0.3 is 7.43 Å². The summed E-state index contributed by atoms with van der Waals surface area (Å²) in [6, 6.07) is 6.23. The molecule has 2 aliphatic carbocycles. The molecule has 20 heavy (non-hydrogen) atoms. The van der Waals surface area contributed by atoms with E-state index in [2.05, 4.69) is 41.4 Å². The number of allylic oxidation sites excluding steroid dienone is 4. The van der Waals surface area contributed by atoms with Crippen molar-refractivity contribution in [1.82, 2.24) is 4.98 Å². The van der Waals surface area contributed by atoms with Crippen LogP contribution in [0.15, 0.2) is 48.7 Å². The van der Waals surface area contributed by atoms with E-state index >= 15 is 0 Å². The van der Waals surface area contributed by atoms with Gasteiger partial charge in [0.05, 0.1) is 0 Å². The van der Waals surface area contributed by atoms with Crippen molar-refractivity contribution in [1.29, 1.82) is 0 Å². The number of pyridine rings is 1. The molecular formula is C16H20Cl2CrN. The first kappa shape index (κ1) is 17.8. The Morgan fingerprint density at radius 2 is 1.90 bits per heavy atom. The summed E-state index contributed by atoms with van der Waals surface area (Å²) in [6.45, 7) is 0. The van der Waals surface area contributed by atoms with E-state index in [0.717, 1.165) is 24.2 Å². The van der Waals surface area contributed by atoms with Gasteiger partial charge in [0.15, 0.2) is 0 Å². The molecule has 109 valence electrons. The van der Waals surface area contributed by atoms with E-state index in [9.17, 15) is 0 Å². The predicted octanol–water partition coefficient (Wildman–Crippen LogP) is 5.22. The van der Waals surface area contributed by atoms with Crippen molar-refractivity contribution < 1.29 is 13.4 Å². The molecule has 0 N–H and O–H groups in total. The van der Waals surface area contributed by atoms with Gasteiger partial charge in [-0.05, 0) is 49.1 Å². The number of halogens is 2. The van der Waals surface area contributed by atoms with Gasteiger partial charge in [-0.3, -0.25) is 4.98 Å². The summed E-state index contributed by atoms with van der Waals surface area (Å²) in [6.07, 6.45) is 14.9. The summed E-state index contributed by atoms with van der Waals surface area (Å²) < 4.78 is 0. The number of hydrogen-bond donors (Lipinski definition) is 0. The van der Waals surface area contributed by atoms with Crippen molar-refractivity contribution >= 4 is 20.1 Å². The van der Waals surface area contributed by atoms with Gasteiger partial charge in [-0.25, -0.2) is 0 Å². The first-order chi connectivity index (χ1) is 9.35. The average molecular weight is 349 g/mol. The van der Waals surface area contributed by atoms with E-state index in [0.29, 0.717) is 0 Å². The third kappa shape index (κ3) is 4.94. The van der Waals surface area contributed by atoms with Crippen LogP contribution in [0, 0.1) is 25.2 Å². The molecule has 2 aliphatic rings. The third-order valence-corrected chi connectivity index (χ3v) is 3.91. The second-order valence-corrected chi connectivity index (χ2v) is 7.04. The Morgan fingerprint density at radius 3 is 2.60 bits per heavy atom. The van der Waals surface area contributed by atoms with Gasteiger partial charge >= 0.3 is 33.5 Å². The molecule has 0 bridgehead atoms. The fourth-order valence-corrected chi connectivity index (χ4v) is 3.09. The molecule has 1 aromatic rings. The van der Waals surface area contributed by atoms with Gasteiger partial charge in [-0.2, -0.15) is 0 Å². The average Bonchev–Trinajstić information content (AvgIpc) is 2.85. The molecular weight excluding hydrogens is 329 g/mol. The van der Waals surface area contributed by atoms with Crippen LogP contribution in [0.1, 0.15) is 18.5 Å².